The van der Waals surface area contributed by atoms with Crippen LogP contribution >= 0.6 is 34.5 Å². The molecular weight excluding hydrogens is 457 g/mol. The van der Waals surface area contributed by atoms with Gasteiger partial charge in [0.15, 0.2) is 0 Å². The molecule has 6 nitrogen and oxygen atoms in total. The zero-order chi connectivity index (χ0) is 22.0. The molecule has 9 heteroatoms. The average molecular weight is 474 g/mol. The molecule has 1 fully saturated rings. The lowest BCUT2D eigenvalue weighted by Gasteiger charge is -2.21. The third-order valence-electron chi connectivity index (χ3n) is 4.80. The van der Waals surface area contributed by atoms with Gasteiger partial charge in [-0.3, -0.25) is 9.59 Å². The monoisotopic (exact) mass is 473 g/mol. The molecule has 0 saturated carbocycles. The molecule has 0 bridgehead atoms. The summed E-state index contributed by atoms with van der Waals surface area (Å²) in [6.07, 6.45) is -0.171. The molecule has 4 rings (SSSR count). The van der Waals surface area contributed by atoms with E-state index >= 15 is 0 Å². The molecule has 3 aromatic rings. The van der Waals surface area contributed by atoms with Crippen molar-refractivity contribution in [2.45, 2.75) is 19.0 Å². The fourth-order valence-electron chi connectivity index (χ4n) is 3.36. The third-order valence-corrected chi connectivity index (χ3v) is 6.15. The Labute approximate surface area is 193 Å². The summed E-state index contributed by atoms with van der Waals surface area (Å²) in [7, 11) is 0. The Morgan fingerprint density at radius 3 is 2.45 bits per heavy atom. The van der Waals surface area contributed by atoms with Crippen LogP contribution in [0.2, 0.25) is 10.0 Å². The van der Waals surface area contributed by atoms with Crippen molar-refractivity contribution in [3.05, 3.63) is 81.0 Å². The molecule has 0 unspecified atom stereocenters. The smallest absolute Gasteiger partial charge is 0.326 e. The molecule has 2 heterocycles. The van der Waals surface area contributed by atoms with E-state index in [-0.39, 0.29) is 18.9 Å². The second-order valence-electron chi connectivity index (χ2n) is 6.92. The van der Waals surface area contributed by atoms with Gasteiger partial charge < -0.3 is 10.2 Å². The molecule has 0 radical (unpaired) electrons. The molecule has 1 aromatic heterocycles. The van der Waals surface area contributed by atoms with E-state index in [1.165, 1.54) is 16.2 Å². The molecule has 0 spiro atoms. The number of nitrogens with zero attached hydrogens (tertiary/aromatic N) is 2. The zero-order valence-corrected chi connectivity index (χ0v) is 18.5. The van der Waals surface area contributed by atoms with Crippen LogP contribution < -0.4 is 10.2 Å². The maximum Gasteiger partial charge on any atom is 0.332 e. The van der Waals surface area contributed by atoms with Gasteiger partial charge in [0.1, 0.15) is 6.04 Å². The Kier molecular flexibility index (Phi) is 6.27. The lowest BCUT2D eigenvalue weighted by molar-refractivity contribution is -0.124. The number of imide groups is 1. The first-order valence-corrected chi connectivity index (χ1v) is 11.0. The van der Waals surface area contributed by atoms with E-state index in [0.717, 1.165) is 9.78 Å². The molecule has 1 atom stereocenters. The van der Waals surface area contributed by atoms with Gasteiger partial charge in [-0.25, -0.2) is 9.69 Å². The van der Waals surface area contributed by atoms with Gasteiger partial charge in [-0.2, -0.15) is 0 Å². The molecule has 4 amide bonds. The van der Waals surface area contributed by atoms with Crippen molar-refractivity contribution in [2.75, 3.05) is 10.2 Å². The van der Waals surface area contributed by atoms with Crippen LogP contribution in [0.25, 0.3) is 0 Å². The maximum absolute atomic E-state index is 13.2. The molecule has 0 aliphatic carbocycles. The summed E-state index contributed by atoms with van der Waals surface area (Å²) in [6, 6.07) is 15.5. The van der Waals surface area contributed by atoms with E-state index in [9.17, 15) is 14.4 Å². The van der Waals surface area contributed by atoms with E-state index in [2.05, 4.69) is 5.32 Å². The highest BCUT2D eigenvalue weighted by atomic mass is 35.5. The fourth-order valence-corrected chi connectivity index (χ4v) is 4.37. The molecular formula is C22H17Cl2N3O3S. The summed E-state index contributed by atoms with van der Waals surface area (Å²) in [4.78, 5) is 42.5. The second-order valence-corrected chi connectivity index (χ2v) is 8.82. The first-order valence-electron chi connectivity index (χ1n) is 9.40. The Morgan fingerprint density at radius 1 is 1.00 bits per heavy atom. The van der Waals surface area contributed by atoms with Gasteiger partial charge in [-0.15, -0.1) is 11.3 Å². The van der Waals surface area contributed by atoms with Crippen LogP contribution in [0.3, 0.4) is 0 Å². The van der Waals surface area contributed by atoms with Crippen molar-refractivity contribution >= 4 is 63.8 Å². The first kappa shape index (κ1) is 21.4. The Bertz CT molecular complexity index is 1120. The van der Waals surface area contributed by atoms with Crippen LogP contribution in [0.5, 0.6) is 0 Å². The van der Waals surface area contributed by atoms with Gasteiger partial charge in [0.25, 0.3) is 5.91 Å². The molecule has 1 N–H and O–H groups in total. The molecule has 158 valence electrons. The SMILES string of the molecule is O=C(C[C@@H]1C(=O)N(c2cccc(Cl)c2)C(=O)N1Cc1cccs1)Nc1ccc(Cl)cc1. The van der Waals surface area contributed by atoms with Crippen molar-refractivity contribution < 1.29 is 14.4 Å². The van der Waals surface area contributed by atoms with Gasteiger partial charge in [-0.1, -0.05) is 35.3 Å². The van der Waals surface area contributed by atoms with E-state index in [1.54, 1.807) is 48.5 Å². The van der Waals surface area contributed by atoms with Gasteiger partial charge in [-0.05, 0) is 53.9 Å². The number of amides is 4. The van der Waals surface area contributed by atoms with Gasteiger partial charge in [0.05, 0.1) is 18.7 Å². The van der Waals surface area contributed by atoms with E-state index in [0.29, 0.717) is 21.4 Å². The third kappa shape index (κ3) is 4.74. The number of rotatable bonds is 6. The Balaban J connectivity index is 1.59. The highest BCUT2D eigenvalue weighted by Gasteiger charge is 2.46. The largest absolute Gasteiger partial charge is 0.332 e. The van der Waals surface area contributed by atoms with Crippen molar-refractivity contribution in [3.8, 4) is 0 Å². The number of halogens is 2. The average Bonchev–Trinajstić information content (AvgIpc) is 3.32. The van der Waals surface area contributed by atoms with Gasteiger partial charge in [0.2, 0.25) is 5.91 Å². The number of hydrogen-bond donors (Lipinski definition) is 1. The summed E-state index contributed by atoms with van der Waals surface area (Å²) in [5.74, 6) is -0.840. The highest BCUT2D eigenvalue weighted by Crippen LogP contribution is 2.30. The van der Waals surface area contributed by atoms with Crippen molar-refractivity contribution in [2.24, 2.45) is 0 Å². The maximum atomic E-state index is 13.2. The number of benzene rings is 2. The van der Waals surface area contributed by atoms with Crippen LogP contribution in [0, 0.1) is 0 Å². The van der Waals surface area contributed by atoms with Crippen LogP contribution in [-0.4, -0.2) is 28.8 Å². The van der Waals surface area contributed by atoms with Crippen LogP contribution in [0.4, 0.5) is 16.2 Å². The predicted molar refractivity (Wildman–Crippen MR) is 123 cm³/mol. The molecule has 1 saturated heterocycles. The molecule has 31 heavy (non-hydrogen) atoms. The van der Waals surface area contributed by atoms with Crippen molar-refractivity contribution in [3.63, 3.8) is 0 Å². The molecule has 2 aromatic carbocycles. The number of urea groups is 1. The number of anilines is 2. The highest BCUT2D eigenvalue weighted by molar-refractivity contribution is 7.09. The number of nitrogens with one attached hydrogen (secondary N) is 1. The molecule has 1 aliphatic rings. The first-order chi connectivity index (χ1) is 14.9. The predicted octanol–water partition coefficient (Wildman–Crippen LogP) is 5.42. The lowest BCUT2D eigenvalue weighted by Crippen LogP contribution is -2.37. The topological polar surface area (TPSA) is 69.7 Å². The minimum Gasteiger partial charge on any atom is -0.326 e. The van der Waals surface area contributed by atoms with Crippen molar-refractivity contribution in [1.82, 2.24) is 4.90 Å². The quantitative estimate of drug-likeness (QED) is 0.485. The van der Waals surface area contributed by atoms with Crippen LogP contribution in [0.15, 0.2) is 66.0 Å². The van der Waals surface area contributed by atoms with E-state index in [1.807, 2.05) is 17.5 Å². The molecule has 1 aliphatic heterocycles. The lowest BCUT2D eigenvalue weighted by atomic mass is 10.1. The zero-order valence-electron chi connectivity index (χ0n) is 16.1. The fraction of sp³-hybridized carbons (Fsp3) is 0.136. The number of carbonyl (C=O) groups is 3. The summed E-state index contributed by atoms with van der Waals surface area (Å²) in [5, 5.41) is 5.61. The number of carbonyl (C=O) groups excluding carboxylic acids is 3. The second kappa shape index (κ2) is 9.09. The minimum absolute atomic E-state index is 0.171. The normalized spacial score (nSPS) is 16.1. The Hall–Kier alpha value is -2.87. The Morgan fingerprint density at radius 2 is 1.77 bits per heavy atom. The van der Waals surface area contributed by atoms with Crippen LogP contribution in [0.1, 0.15) is 11.3 Å². The van der Waals surface area contributed by atoms with Crippen molar-refractivity contribution in [1.29, 1.82) is 0 Å². The summed E-state index contributed by atoms with van der Waals surface area (Å²) < 4.78 is 0. The van der Waals surface area contributed by atoms with E-state index < -0.39 is 18.0 Å². The summed E-state index contributed by atoms with van der Waals surface area (Å²) >= 11 is 13.4. The van der Waals surface area contributed by atoms with Gasteiger partial charge in [0, 0.05) is 20.6 Å². The summed E-state index contributed by atoms with van der Waals surface area (Å²) in [6.45, 7) is 0.234. The number of thiophene rings is 1. The van der Waals surface area contributed by atoms with Gasteiger partial charge >= 0.3 is 6.03 Å². The minimum atomic E-state index is -0.930. The van der Waals surface area contributed by atoms with Crippen LogP contribution in [-0.2, 0) is 16.1 Å². The summed E-state index contributed by atoms with van der Waals surface area (Å²) in [5.41, 5.74) is 0.932. The standard InChI is InChI=1S/C22H17Cl2N3O3S/c23-14-6-8-16(9-7-14)25-20(28)12-19-21(29)27(17-4-1-3-15(24)11-17)22(30)26(19)13-18-5-2-10-31-18/h1-11,19H,12-13H2,(H,25,28)/t19-/m1/s1. The van der Waals surface area contributed by atoms with E-state index in [4.69, 9.17) is 23.2 Å². The number of hydrogen-bond acceptors (Lipinski definition) is 4.